The van der Waals surface area contributed by atoms with Gasteiger partial charge in [0.15, 0.2) is 9.84 Å². The molecule has 96 valence electrons. The molecule has 1 rings (SSSR count). The Morgan fingerprint density at radius 2 is 2.06 bits per heavy atom. The molecule has 0 atom stereocenters. The highest BCUT2D eigenvalue weighted by Crippen LogP contribution is 2.08. The molecule has 0 saturated heterocycles. The number of benzene rings is 1. The summed E-state index contributed by atoms with van der Waals surface area (Å²) in [5.74, 6) is -0.786. The number of aliphatic hydroxyl groups is 1. The summed E-state index contributed by atoms with van der Waals surface area (Å²) in [6.07, 6.45) is 0. The molecule has 1 aromatic carbocycles. The van der Waals surface area contributed by atoms with Gasteiger partial charge in [-0.2, -0.15) is 0 Å². The van der Waals surface area contributed by atoms with Crippen molar-refractivity contribution in [2.75, 3.05) is 25.6 Å². The zero-order chi connectivity index (χ0) is 12.7. The second-order valence-electron chi connectivity index (χ2n) is 3.56. The fourth-order valence-corrected chi connectivity index (χ4v) is 2.51. The van der Waals surface area contributed by atoms with Gasteiger partial charge in [-0.3, -0.25) is 0 Å². The summed E-state index contributed by atoms with van der Waals surface area (Å²) in [5.41, 5.74) is 0.423. The van der Waals surface area contributed by atoms with Crippen LogP contribution >= 0.6 is 0 Å². The van der Waals surface area contributed by atoms with Gasteiger partial charge in [-0.05, 0) is 17.7 Å². The van der Waals surface area contributed by atoms with Crippen molar-refractivity contribution in [2.24, 2.45) is 0 Å². The summed E-state index contributed by atoms with van der Waals surface area (Å²) in [6, 6.07) is 5.50. The molecule has 1 N–H and O–H groups in total. The number of aliphatic hydroxyl groups excluding tert-OH is 1. The van der Waals surface area contributed by atoms with Gasteiger partial charge < -0.3 is 9.84 Å². The Morgan fingerprint density at radius 3 is 2.71 bits per heavy atom. The SMILES string of the molecule is O=S(=O)(CCOCCO)Cc1cccc(F)c1. The van der Waals surface area contributed by atoms with E-state index >= 15 is 0 Å². The third-order valence-corrected chi connectivity index (χ3v) is 3.61. The van der Waals surface area contributed by atoms with E-state index < -0.39 is 15.7 Å². The molecule has 0 aliphatic carbocycles. The lowest BCUT2D eigenvalue weighted by Gasteiger charge is -2.05. The molecule has 0 aliphatic rings. The van der Waals surface area contributed by atoms with Crippen LogP contribution in [0, 0.1) is 5.82 Å². The molecule has 0 heterocycles. The minimum absolute atomic E-state index is 0.0399. The summed E-state index contributed by atoms with van der Waals surface area (Å²) in [6.45, 7) is 0.0254. The van der Waals surface area contributed by atoms with Crippen molar-refractivity contribution in [3.05, 3.63) is 35.6 Å². The summed E-state index contributed by atoms with van der Waals surface area (Å²) in [5, 5.41) is 8.45. The Balaban J connectivity index is 2.49. The van der Waals surface area contributed by atoms with Crippen molar-refractivity contribution < 1.29 is 22.7 Å². The quantitative estimate of drug-likeness (QED) is 0.736. The van der Waals surface area contributed by atoms with E-state index in [1.54, 1.807) is 6.07 Å². The topological polar surface area (TPSA) is 63.6 Å². The Morgan fingerprint density at radius 1 is 1.29 bits per heavy atom. The lowest BCUT2D eigenvalue weighted by Crippen LogP contribution is -2.15. The van der Waals surface area contributed by atoms with Crippen molar-refractivity contribution in [2.45, 2.75) is 5.75 Å². The number of rotatable bonds is 7. The molecule has 0 unspecified atom stereocenters. The highest BCUT2D eigenvalue weighted by Gasteiger charge is 2.12. The fraction of sp³-hybridized carbons (Fsp3) is 0.455. The van der Waals surface area contributed by atoms with Crippen LogP contribution in [0.4, 0.5) is 4.39 Å². The van der Waals surface area contributed by atoms with E-state index in [0.29, 0.717) is 5.56 Å². The van der Waals surface area contributed by atoms with Crippen molar-refractivity contribution >= 4 is 9.84 Å². The lowest BCUT2D eigenvalue weighted by atomic mass is 10.2. The zero-order valence-corrected chi connectivity index (χ0v) is 10.1. The van der Waals surface area contributed by atoms with Crippen LogP contribution in [-0.4, -0.2) is 39.1 Å². The van der Waals surface area contributed by atoms with Crippen molar-refractivity contribution in [3.63, 3.8) is 0 Å². The van der Waals surface area contributed by atoms with Crippen LogP contribution in [-0.2, 0) is 20.3 Å². The first-order chi connectivity index (χ1) is 8.03. The summed E-state index contributed by atoms with van der Waals surface area (Å²) >= 11 is 0. The van der Waals surface area contributed by atoms with Gasteiger partial charge in [0.2, 0.25) is 0 Å². The molecule has 0 aliphatic heterocycles. The summed E-state index contributed by atoms with van der Waals surface area (Å²) < 4.78 is 40.9. The first-order valence-corrected chi connectivity index (χ1v) is 6.99. The summed E-state index contributed by atoms with van der Waals surface area (Å²) in [7, 11) is -3.31. The zero-order valence-electron chi connectivity index (χ0n) is 9.30. The molecule has 1 aromatic rings. The van der Waals surface area contributed by atoms with Gasteiger partial charge in [0.05, 0.1) is 31.3 Å². The van der Waals surface area contributed by atoms with Crippen LogP contribution < -0.4 is 0 Å². The van der Waals surface area contributed by atoms with Gasteiger partial charge in [0.1, 0.15) is 5.82 Å². The van der Waals surface area contributed by atoms with Crippen molar-refractivity contribution in [3.8, 4) is 0 Å². The predicted molar refractivity (Wildman–Crippen MR) is 61.8 cm³/mol. The smallest absolute Gasteiger partial charge is 0.156 e. The summed E-state index contributed by atoms with van der Waals surface area (Å²) in [4.78, 5) is 0. The monoisotopic (exact) mass is 262 g/mol. The molecule has 0 saturated carbocycles. The lowest BCUT2D eigenvalue weighted by molar-refractivity contribution is 0.103. The van der Waals surface area contributed by atoms with Gasteiger partial charge in [0.25, 0.3) is 0 Å². The van der Waals surface area contributed by atoms with E-state index in [4.69, 9.17) is 9.84 Å². The van der Waals surface area contributed by atoms with Crippen LogP contribution in [0.5, 0.6) is 0 Å². The Hall–Kier alpha value is -0.980. The van der Waals surface area contributed by atoms with Crippen molar-refractivity contribution in [1.29, 1.82) is 0 Å². The molecule has 0 aromatic heterocycles. The largest absolute Gasteiger partial charge is 0.394 e. The first kappa shape index (κ1) is 14.1. The van der Waals surface area contributed by atoms with E-state index in [-0.39, 0.29) is 31.3 Å². The molecule has 17 heavy (non-hydrogen) atoms. The van der Waals surface area contributed by atoms with Gasteiger partial charge in [-0.25, -0.2) is 12.8 Å². The number of sulfone groups is 1. The van der Waals surface area contributed by atoms with E-state index in [1.165, 1.54) is 18.2 Å². The van der Waals surface area contributed by atoms with Crippen LogP contribution in [0.1, 0.15) is 5.56 Å². The molecule has 6 heteroatoms. The van der Waals surface area contributed by atoms with Crippen LogP contribution in [0.25, 0.3) is 0 Å². The molecule has 0 bridgehead atoms. The third-order valence-electron chi connectivity index (χ3n) is 2.05. The van der Waals surface area contributed by atoms with Crippen LogP contribution in [0.3, 0.4) is 0 Å². The molecule has 0 fully saturated rings. The van der Waals surface area contributed by atoms with E-state index in [0.717, 1.165) is 0 Å². The Labute approximate surface area is 100.0 Å². The number of ether oxygens (including phenoxy) is 1. The second-order valence-corrected chi connectivity index (χ2v) is 5.74. The molecule has 0 amide bonds. The average Bonchev–Trinajstić information content (AvgIpc) is 2.24. The van der Waals surface area contributed by atoms with Gasteiger partial charge >= 0.3 is 0 Å². The first-order valence-electron chi connectivity index (χ1n) is 5.17. The maximum Gasteiger partial charge on any atom is 0.156 e. The maximum absolute atomic E-state index is 12.8. The average molecular weight is 262 g/mol. The van der Waals surface area contributed by atoms with Crippen LogP contribution in [0.15, 0.2) is 24.3 Å². The molecular weight excluding hydrogens is 247 g/mol. The Bertz CT molecular complexity index is 445. The Kier molecular flexibility index (Phi) is 5.54. The number of hydrogen-bond acceptors (Lipinski definition) is 4. The highest BCUT2D eigenvalue weighted by molar-refractivity contribution is 7.90. The predicted octanol–water partition coefficient (Wildman–Crippen LogP) is 0.749. The van der Waals surface area contributed by atoms with E-state index in [9.17, 15) is 12.8 Å². The second kappa shape index (κ2) is 6.68. The molecule has 4 nitrogen and oxygen atoms in total. The molecule has 0 radical (unpaired) electrons. The molecular formula is C11H15FO4S. The fourth-order valence-electron chi connectivity index (χ4n) is 1.31. The number of hydrogen-bond donors (Lipinski definition) is 1. The highest BCUT2D eigenvalue weighted by atomic mass is 32.2. The van der Waals surface area contributed by atoms with Gasteiger partial charge in [-0.15, -0.1) is 0 Å². The maximum atomic E-state index is 12.8. The van der Waals surface area contributed by atoms with Gasteiger partial charge in [-0.1, -0.05) is 12.1 Å². The third kappa shape index (κ3) is 5.76. The normalized spacial score (nSPS) is 11.6. The number of halogens is 1. The van der Waals surface area contributed by atoms with Crippen LogP contribution in [0.2, 0.25) is 0 Å². The van der Waals surface area contributed by atoms with E-state index in [2.05, 4.69) is 0 Å². The molecule has 0 spiro atoms. The standard InChI is InChI=1S/C11H15FO4S/c12-11-3-1-2-10(8-11)9-17(14,15)7-6-16-5-4-13/h1-3,8,13H,4-7,9H2. The van der Waals surface area contributed by atoms with Crippen molar-refractivity contribution in [1.82, 2.24) is 0 Å². The van der Waals surface area contributed by atoms with E-state index in [1.807, 2.05) is 0 Å². The van der Waals surface area contributed by atoms with Gasteiger partial charge in [0, 0.05) is 0 Å². The minimum Gasteiger partial charge on any atom is -0.394 e. The minimum atomic E-state index is -3.31.